The maximum atomic E-state index is 11.5. The van der Waals surface area contributed by atoms with Crippen molar-refractivity contribution in [2.24, 2.45) is 5.10 Å². The van der Waals surface area contributed by atoms with Crippen LogP contribution in [0.2, 0.25) is 0 Å². The summed E-state index contributed by atoms with van der Waals surface area (Å²) in [5.74, 6) is 0.376. The van der Waals surface area contributed by atoms with Crippen LogP contribution in [0.1, 0.15) is 30.5 Å². The van der Waals surface area contributed by atoms with Gasteiger partial charge in [-0.2, -0.15) is 5.10 Å². The van der Waals surface area contributed by atoms with E-state index in [4.69, 9.17) is 9.47 Å². The molecule has 31 heavy (non-hydrogen) atoms. The van der Waals surface area contributed by atoms with Crippen LogP contribution in [0.4, 0.5) is 10.8 Å². The highest BCUT2D eigenvalue weighted by Gasteiger charge is 2.23. The molecule has 0 saturated heterocycles. The van der Waals surface area contributed by atoms with Crippen LogP contribution in [0.3, 0.4) is 0 Å². The monoisotopic (exact) mass is 440 g/mol. The Balaban J connectivity index is 1.80. The number of nitrogens with zero attached hydrogens (tertiary/aromatic N) is 3. The molecule has 0 atom stereocenters. The van der Waals surface area contributed by atoms with Gasteiger partial charge < -0.3 is 9.47 Å². The van der Waals surface area contributed by atoms with E-state index >= 15 is 0 Å². The summed E-state index contributed by atoms with van der Waals surface area (Å²) in [6.07, 6.45) is 1.25. The molecule has 2 aromatic carbocycles. The van der Waals surface area contributed by atoms with Crippen LogP contribution in [0, 0.1) is 24.0 Å². The van der Waals surface area contributed by atoms with Crippen molar-refractivity contribution in [3.8, 4) is 22.8 Å². The molecule has 0 aliphatic carbocycles. The SMILES string of the molecule is COc1cc(/C=N\Nc2nc(-c3ccc(C)cc3C)cs2)cc([N+](=O)[O-])c1OC(C)C. The van der Waals surface area contributed by atoms with Crippen molar-refractivity contribution in [2.75, 3.05) is 12.5 Å². The molecule has 9 heteroatoms. The Labute approximate surface area is 184 Å². The van der Waals surface area contributed by atoms with E-state index in [-0.39, 0.29) is 23.3 Å². The lowest BCUT2D eigenvalue weighted by molar-refractivity contribution is -0.386. The van der Waals surface area contributed by atoms with E-state index < -0.39 is 4.92 Å². The fourth-order valence-electron chi connectivity index (χ4n) is 3.04. The molecule has 162 valence electrons. The van der Waals surface area contributed by atoms with Crippen LogP contribution in [-0.2, 0) is 0 Å². The quantitative estimate of drug-likeness (QED) is 0.279. The van der Waals surface area contributed by atoms with Crippen molar-refractivity contribution < 1.29 is 14.4 Å². The van der Waals surface area contributed by atoms with Gasteiger partial charge in [0, 0.05) is 22.6 Å². The van der Waals surface area contributed by atoms with Gasteiger partial charge in [-0.25, -0.2) is 4.98 Å². The lowest BCUT2D eigenvalue weighted by Gasteiger charge is -2.14. The fourth-order valence-corrected chi connectivity index (χ4v) is 3.70. The molecule has 0 fully saturated rings. The molecule has 0 aliphatic heterocycles. The van der Waals surface area contributed by atoms with Gasteiger partial charge in [0.25, 0.3) is 0 Å². The number of nitro benzene ring substituents is 1. The molecule has 8 nitrogen and oxygen atoms in total. The van der Waals surface area contributed by atoms with E-state index in [0.29, 0.717) is 10.7 Å². The number of benzene rings is 2. The number of hydrazone groups is 1. The number of nitro groups is 1. The van der Waals surface area contributed by atoms with Gasteiger partial charge >= 0.3 is 5.69 Å². The molecule has 0 bridgehead atoms. The molecule has 1 N–H and O–H groups in total. The van der Waals surface area contributed by atoms with Gasteiger partial charge in [0.15, 0.2) is 5.75 Å². The molecule has 0 spiro atoms. The predicted octanol–water partition coefficient (Wildman–Crippen LogP) is 5.58. The second-order valence-corrected chi connectivity index (χ2v) is 8.08. The third-order valence-corrected chi connectivity index (χ3v) is 5.11. The molecule has 3 aromatic rings. The second-order valence-electron chi connectivity index (χ2n) is 7.22. The van der Waals surface area contributed by atoms with Crippen molar-refractivity contribution in [1.29, 1.82) is 0 Å². The molecule has 0 saturated carbocycles. The topological polar surface area (TPSA) is 98.9 Å². The Kier molecular flexibility index (Phi) is 6.86. The zero-order chi connectivity index (χ0) is 22.5. The number of thiazole rings is 1. The largest absolute Gasteiger partial charge is 0.493 e. The van der Waals surface area contributed by atoms with Gasteiger partial charge in [-0.15, -0.1) is 11.3 Å². The van der Waals surface area contributed by atoms with E-state index in [1.807, 2.05) is 5.38 Å². The molecule has 1 aromatic heterocycles. The summed E-state index contributed by atoms with van der Waals surface area (Å²) < 4.78 is 10.9. The first-order valence-corrected chi connectivity index (χ1v) is 10.5. The van der Waals surface area contributed by atoms with Crippen LogP contribution in [0.15, 0.2) is 40.8 Å². The van der Waals surface area contributed by atoms with Gasteiger partial charge in [0.2, 0.25) is 10.9 Å². The molecule has 0 unspecified atom stereocenters. The lowest BCUT2D eigenvalue weighted by Crippen LogP contribution is -2.09. The number of aryl methyl sites for hydroxylation is 2. The van der Waals surface area contributed by atoms with Gasteiger partial charge in [0.1, 0.15) is 0 Å². The number of anilines is 1. The van der Waals surface area contributed by atoms with Crippen molar-refractivity contribution in [3.05, 3.63) is 62.5 Å². The molecular weight excluding hydrogens is 416 g/mol. The van der Waals surface area contributed by atoms with E-state index in [9.17, 15) is 10.1 Å². The zero-order valence-electron chi connectivity index (χ0n) is 18.0. The van der Waals surface area contributed by atoms with Crippen LogP contribution in [-0.4, -0.2) is 29.3 Å². The van der Waals surface area contributed by atoms with Crippen LogP contribution >= 0.6 is 11.3 Å². The smallest absolute Gasteiger partial charge is 0.315 e. The van der Waals surface area contributed by atoms with Crippen molar-refractivity contribution >= 4 is 28.4 Å². The summed E-state index contributed by atoms with van der Waals surface area (Å²) in [5, 5.41) is 18.3. The van der Waals surface area contributed by atoms with E-state index in [1.54, 1.807) is 19.9 Å². The minimum atomic E-state index is -0.498. The third-order valence-electron chi connectivity index (χ3n) is 4.36. The van der Waals surface area contributed by atoms with Crippen molar-refractivity contribution in [2.45, 2.75) is 33.8 Å². The molecule has 1 heterocycles. The first-order chi connectivity index (χ1) is 14.8. The van der Waals surface area contributed by atoms with E-state index in [2.05, 4.69) is 47.6 Å². The van der Waals surface area contributed by atoms with Gasteiger partial charge in [0.05, 0.1) is 30.0 Å². The minimum absolute atomic E-state index is 0.102. The molecule has 0 radical (unpaired) electrons. The molecular formula is C22H24N4O4S. The lowest BCUT2D eigenvalue weighted by atomic mass is 10.0. The number of hydrogen-bond donors (Lipinski definition) is 1. The average molecular weight is 441 g/mol. The fraction of sp³-hybridized carbons (Fsp3) is 0.273. The molecule has 0 amide bonds. The van der Waals surface area contributed by atoms with Crippen LogP contribution in [0.25, 0.3) is 11.3 Å². The average Bonchev–Trinajstić information content (AvgIpc) is 3.16. The van der Waals surface area contributed by atoms with Crippen LogP contribution < -0.4 is 14.9 Å². The number of hydrogen-bond acceptors (Lipinski definition) is 8. The van der Waals surface area contributed by atoms with Gasteiger partial charge in [-0.05, 0) is 39.3 Å². The van der Waals surface area contributed by atoms with Crippen molar-refractivity contribution in [1.82, 2.24) is 4.98 Å². The predicted molar refractivity (Wildman–Crippen MR) is 124 cm³/mol. The van der Waals surface area contributed by atoms with Crippen LogP contribution in [0.5, 0.6) is 11.5 Å². The summed E-state index contributed by atoms with van der Waals surface area (Å²) >= 11 is 1.43. The Bertz CT molecular complexity index is 1120. The van der Waals surface area contributed by atoms with E-state index in [0.717, 1.165) is 16.8 Å². The normalized spacial score (nSPS) is 11.2. The maximum absolute atomic E-state index is 11.5. The molecule has 0 aliphatic rings. The Morgan fingerprint density at radius 2 is 2.03 bits per heavy atom. The maximum Gasteiger partial charge on any atom is 0.315 e. The highest BCUT2D eigenvalue weighted by molar-refractivity contribution is 7.14. The number of aromatic nitrogens is 1. The number of rotatable bonds is 8. The number of ether oxygens (including phenoxy) is 2. The summed E-state index contributed by atoms with van der Waals surface area (Å²) in [6.45, 7) is 7.70. The first-order valence-electron chi connectivity index (χ1n) is 9.63. The molecule has 3 rings (SSSR count). The third kappa shape index (κ3) is 5.37. The Hall–Kier alpha value is -3.46. The minimum Gasteiger partial charge on any atom is -0.493 e. The summed E-state index contributed by atoms with van der Waals surface area (Å²) in [7, 11) is 1.44. The Morgan fingerprint density at radius 3 is 2.68 bits per heavy atom. The number of nitrogens with one attached hydrogen (secondary N) is 1. The highest BCUT2D eigenvalue weighted by atomic mass is 32.1. The summed E-state index contributed by atoms with van der Waals surface area (Å²) in [4.78, 5) is 15.6. The van der Waals surface area contributed by atoms with Crippen molar-refractivity contribution in [3.63, 3.8) is 0 Å². The summed E-state index contributed by atoms with van der Waals surface area (Å²) in [6, 6.07) is 9.26. The Morgan fingerprint density at radius 1 is 1.26 bits per heavy atom. The second kappa shape index (κ2) is 9.57. The van der Waals surface area contributed by atoms with E-state index in [1.165, 1.54) is 36.3 Å². The zero-order valence-corrected chi connectivity index (χ0v) is 18.8. The van der Waals surface area contributed by atoms with Gasteiger partial charge in [-0.1, -0.05) is 23.8 Å². The number of methoxy groups -OCH3 is 1. The van der Waals surface area contributed by atoms with Gasteiger partial charge in [-0.3, -0.25) is 15.5 Å². The summed E-state index contributed by atoms with van der Waals surface area (Å²) in [5.41, 5.74) is 7.50. The first kappa shape index (κ1) is 22.2. The standard InChI is InChI=1S/C22H24N4O4S/c1-13(2)30-21-19(26(27)28)9-16(10-20(21)29-5)11-23-25-22-24-18(12-31-22)17-7-6-14(3)8-15(17)4/h6-13H,1-5H3,(H,24,25)/b23-11-. The highest BCUT2D eigenvalue weighted by Crippen LogP contribution is 2.38.